The normalized spacial score (nSPS) is 10.6. The lowest BCUT2D eigenvalue weighted by molar-refractivity contribution is -0.133. The Bertz CT molecular complexity index is 1470. The number of rotatable bonds is 5. The van der Waals surface area contributed by atoms with Crippen LogP contribution in [0.5, 0.6) is 5.75 Å². The SMILES string of the molecule is COc1cccc(NC(=O)C(=O)Nn2c(C(=O)Nc3ccc(Br)cc3C)cc3cc(Br)ccc32)c1. The summed E-state index contributed by atoms with van der Waals surface area (Å²) >= 11 is 6.83. The standard InChI is InChI=1S/C25H20Br2N4O4/c1-14-10-16(26)6-8-20(14)29-23(32)22-12-15-11-17(27)7-9-21(15)31(22)30-25(34)24(33)28-18-4-3-5-19(13-18)35-2/h3-13H,1-2H3,(H,28,33)(H,29,32)(H,30,34). The number of halogens is 2. The monoisotopic (exact) mass is 598 g/mol. The smallest absolute Gasteiger partial charge is 0.328 e. The lowest BCUT2D eigenvalue weighted by atomic mass is 10.2. The molecule has 4 aromatic rings. The molecule has 1 heterocycles. The van der Waals surface area contributed by atoms with Crippen molar-refractivity contribution in [3.63, 3.8) is 0 Å². The van der Waals surface area contributed by atoms with E-state index in [2.05, 4.69) is 47.9 Å². The minimum Gasteiger partial charge on any atom is -0.497 e. The highest BCUT2D eigenvalue weighted by atomic mass is 79.9. The first-order chi connectivity index (χ1) is 16.7. The quantitative estimate of drug-likeness (QED) is 0.266. The molecule has 4 rings (SSSR count). The molecule has 0 saturated carbocycles. The zero-order valence-electron chi connectivity index (χ0n) is 18.7. The average Bonchev–Trinajstić information content (AvgIpc) is 3.18. The van der Waals surface area contributed by atoms with Gasteiger partial charge in [0.25, 0.3) is 5.91 Å². The van der Waals surface area contributed by atoms with Gasteiger partial charge in [0.05, 0.1) is 12.6 Å². The Morgan fingerprint density at radius 1 is 0.857 bits per heavy atom. The molecular weight excluding hydrogens is 580 g/mol. The van der Waals surface area contributed by atoms with Crippen LogP contribution in [-0.2, 0) is 9.59 Å². The van der Waals surface area contributed by atoms with Gasteiger partial charge in [-0.1, -0.05) is 37.9 Å². The zero-order chi connectivity index (χ0) is 25.1. The molecule has 0 atom stereocenters. The summed E-state index contributed by atoms with van der Waals surface area (Å²) in [7, 11) is 1.51. The molecule has 35 heavy (non-hydrogen) atoms. The van der Waals surface area contributed by atoms with Gasteiger partial charge in [0.15, 0.2) is 0 Å². The largest absolute Gasteiger partial charge is 0.497 e. The molecule has 0 radical (unpaired) electrons. The molecule has 0 aliphatic carbocycles. The van der Waals surface area contributed by atoms with E-state index in [-0.39, 0.29) is 5.69 Å². The predicted octanol–water partition coefficient (Wildman–Crippen LogP) is 5.44. The molecule has 0 aliphatic rings. The van der Waals surface area contributed by atoms with E-state index < -0.39 is 17.7 Å². The number of carbonyl (C=O) groups is 3. The molecule has 8 nitrogen and oxygen atoms in total. The Hall–Kier alpha value is -3.63. The number of amides is 3. The molecule has 0 fully saturated rings. The number of hydrogen-bond donors (Lipinski definition) is 3. The number of nitrogens with one attached hydrogen (secondary N) is 3. The Morgan fingerprint density at radius 3 is 2.34 bits per heavy atom. The van der Waals surface area contributed by atoms with Crippen molar-refractivity contribution in [1.29, 1.82) is 0 Å². The van der Waals surface area contributed by atoms with Gasteiger partial charge < -0.3 is 15.4 Å². The molecule has 0 spiro atoms. The lowest BCUT2D eigenvalue weighted by Gasteiger charge is -2.14. The van der Waals surface area contributed by atoms with Crippen LogP contribution in [0, 0.1) is 6.92 Å². The molecule has 0 unspecified atom stereocenters. The van der Waals surface area contributed by atoms with Crippen LogP contribution in [0.2, 0.25) is 0 Å². The molecule has 178 valence electrons. The molecule has 0 bridgehead atoms. The third-order valence-corrected chi connectivity index (χ3v) is 6.17. The Kier molecular flexibility index (Phi) is 7.23. The van der Waals surface area contributed by atoms with Crippen molar-refractivity contribution >= 4 is 71.9 Å². The third kappa shape index (κ3) is 5.55. The summed E-state index contributed by atoms with van der Waals surface area (Å²) in [5, 5.41) is 6.10. The predicted molar refractivity (Wildman–Crippen MR) is 142 cm³/mol. The number of hydrogen-bond acceptors (Lipinski definition) is 4. The van der Waals surface area contributed by atoms with Gasteiger partial charge in [-0.05, 0) is 67.1 Å². The molecule has 3 amide bonds. The zero-order valence-corrected chi connectivity index (χ0v) is 21.9. The number of benzene rings is 3. The molecule has 1 aromatic heterocycles. The highest BCUT2D eigenvalue weighted by Gasteiger charge is 2.21. The van der Waals surface area contributed by atoms with Gasteiger partial charge in [-0.2, -0.15) is 0 Å². The first-order valence-corrected chi connectivity index (χ1v) is 12.0. The summed E-state index contributed by atoms with van der Waals surface area (Å²) in [6.45, 7) is 1.87. The van der Waals surface area contributed by atoms with Gasteiger partial charge in [-0.25, -0.2) is 4.68 Å². The van der Waals surface area contributed by atoms with E-state index in [1.807, 2.05) is 25.1 Å². The Morgan fingerprint density at radius 2 is 1.60 bits per heavy atom. The maximum absolute atomic E-state index is 13.2. The van der Waals surface area contributed by atoms with Gasteiger partial charge in [-0.3, -0.25) is 19.8 Å². The second-order valence-corrected chi connectivity index (χ2v) is 9.44. The second-order valence-electron chi connectivity index (χ2n) is 7.61. The first-order valence-electron chi connectivity index (χ1n) is 10.4. The van der Waals surface area contributed by atoms with Gasteiger partial charge >= 0.3 is 11.8 Å². The van der Waals surface area contributed by atoms with Crippen LogP contribution in [-0.4, -0.2) is 29.5 Å². The first kappa shape index (κ1) is 24.5. The van der Waals surface area contributed by atoms with Gasteiger partial charge in [-0.15, -0.1) is 0 Å². The summed E-state index contributed by atoms with van der Waals surface area (Å²) in [5.41, 5.74) is 5.13. The Balaban J connectivity index is 1.62. The van der Waals surface area contributed by atoms with Gasteiger partial charge in [0, 0.05) is 31.8 Å². The van der Waals surface area contributed by atoms with Gasteiger partial charge in [0.1, 0.15) is 11.4 Å². The van der Waals surface area contributed by atoms with E-state index in [1.165, 1.54) is 11.8 Å². The molecule has 3 N–H and O–H groups in total. The van der Waals surface area contributed by atoms with Crippen molar-refractivity contribution in [2.45, 2.75) is 6.92 Å². The highest BCUT2D eigenvalue weighted by Crippen LogP contribution is 2.25. The van der Waals surface area contributed by atoms with Crippen molar-refractivity contribution in [2.24, 2.45) is 0 Å². The third-order valence-electron chi connectivity index (χ3n) is 5.18. The van der Waals surface area contributed by atoms with E-state index in [1.54, 1.807) is 48.5 Å². The maximum atomic E-state index is 13.2. The highest BCUT2D eigenvalue weighted by molar-refractivity contribution is 9.10. The summed E-state index contributed by atoms with van der Waals surface area (Å²) in [5.74, 6) is -1.75. The number of ether oxygens (including phenoxy) is 1. The number of carbonyl (C=O) groups excluding carboxylic acids is 3. The van der Waals surface area contributed by atoms with Crippen molar-refractivity contribution in [1.82, 2.24) is 4.68 Å². The molecule has 10 heteroatoms. The minimum absolute atomic E-state index is 0.156. The van der Waals surface area contributed by atoms with E-state index in [0.717, 1.165) is 14.5 Å². The fourth-order valence-corrected chi connectivity index (χ4v) is 4.32. The number of nitrogens with zero attached hydrogens (tertiary/aromatic N) is 1. The number of aryl methyl sites for hydroxylation is 1. The molecular formula is C25H20Br2N4O4. The number of anilines is 2. The summed E-state index contributed by atoms with van der Waals surface area (Å²) < 4.78 is 8.14. The van der Waals surface area contributed by atoms with E-state index in [4.69, 9.17) is 4.74 Å². The van der Waals surface area contributed by atoms with Crippen LogP contribution < -0.4 is 20.8 Å². The topological polar surface area (TPSA) is 101 Å². The van der Waals surface area contributed by atoms with Crippen LogP contribution in [0.25, 0.3) is 10.9 Å². The van der Waals surface area contributed by atoms with Crippen molar-refractivity contribution in [2.75, 3.05) is 23.2 Å². The van der Waals surface area contributed by atoms with Crippen molar-refractivity contribution in [3.8, 4) is 5.75 Å². The van der Waals surface area contributed by atoms with Crippen LogP contribution in [0.15, 0.2) is 75.7 Å². The van der Waals surface area contributed by atoms with E-state index >= 15 is 0 Å². The van der Waals surface area contributed by atoms with Crippen LogP contribution >= 0.6 is 31.9 Å². The summed E-state index contributed by atoms with van der Waals surface area (Å²) in [6, 6.07) is 19.1. The minimum atomic E-state index is -0.942. The number of methoxy groups -OCH3 is 1. The fraction of sp³-hybridized carbons (Fsp3) is 0.0800. The van der Waals surface area contributed by atoms with Crippen molar-refractivity contribution < 1.29 is 19.1 Å². The van der Waals surface area contributed by atoms with E-state index in [0.29, 0.717) is 28.0 Å². The summed E-state index contributed by atoms with van der Waals surface area (Å²) in [6.07, 6.45) is 0. The summed E-state index contributed by atoms with van der Waals surface area (Å²) in [4.78, 5) is 38.6. The fourth-order valence-electron chi connectivity index (χ4n) is 3.47. The molecule has 0 aliphatic heterocycles. The number of aromatic nitrogens is 1. The van der Waals surface area contributed by atoms with Crippen LogP contribution in [0.1, 0.15) is 16.1 Å². The molecule has 3 aromatic carbocycles. The average molecular weight is 600 g/mol. The molecule has 0 saturated heterocycles. The number of fused-ring (bicyclic) bond motifs is 1. The van der Waals surface area contributed by atoms with E-state index in [9.17, 15) is 14.4 Å². The Labute approximate surface area is 217 Å². The van der Waals surface area contributed by atoms with Crippen LogP contribution in [0.3, 0.4) is 0 Å². The van der Waals surface area contributed by atoms with Crippen molar-refractivity contribution in [3.05, 3.63) is 86.9 Å². The maximum Gasteiger partial charge on any atom is 0.328 e. The second kappa shape index (κ2) is 10.3. The van der Waals surface area contributed by atoms with Gasteiger partial charge in [0.2, 0.25) is 0 Å². The van der Waals surface area contributed by atoms with Crippen LogP contribution in [0.4, 0.5) is 11.4 Å². The lowest BCUT2D eigenvalue weighted by Crippen LogP contribution is -2.36.